The zero-order chi connectivity index (χ0) is 13.5. The lowest BCUT2D eigenvalue weighted by molar-refractivity contribution is -0.132. The SMILES string of the molecule is CCC(C(=O)N(C)Cc1ccccn1)C(N)=NO. The number of rotatable bonds is 5. The van der Waals surface area contributed by atoms with Crippen LogP contribution in [0, 0.1) is 5.92 Å². The topological polar surface area (TPSA) is 91.8 Å². The average Bonchev–Trinajstić information content (AvgIpc) is 2.40. The van der Waals surface area contributed by atoms with Crippen molar-refractivity contribution < 1.29 is 10.0 Å². The van der Waals surface area contributed by atoms with E-state index in [1.807, 2.05) is 25.1 Å². The summed E-state index contributed by atoms with van der Waals surface area (Å²) in [5.41, 5.74) is 6.29. The number of oxime groups is 1. The van der Waals surface area contributed by atoms with Crippen LogP contribution in [0.1, 0.15) is 19.0 Å². The number of hydrogen-bond donors (Lipinski definition) is 2. The van der Waals surface area contributed by atoms with E-state index in [4.69, 9.17) is 10.9 Å². The fraction of sp³-hybridized carbons (Fsp3) is 0.417. The molecule has 0 saturated carbocycles. The predicted molar refractivity (Wildman–Crippen MR) is 67.9 cm³/mol. The molecule has 0 aliphatic carbocycles. The Balaban J connectivity index is 2.71. The lowest BCUT2D eigenvalue weighted by Crippen LogP contribution is -2.39. The molecule has 1 heterocycles. The zero-order valence-electron chi connectivity index (χ0n) is 10.6. The molecular formula is C12H18N4O2. The van der Waals surface area contributed by atoms with Gasteiger partial charge in [-0.1, -0.05) is 18.1 Å². The third-order valence-corrected chi connectivity index (χ3v) is 2.68. The molecule has 0 aliphatic rings. The second-order valence-electron chi connectivity index (χ2n) is 4.00. The highest BCUT2D eigenvalue weighted by Gasteiger charge is 2.24. The standard InChI is InChI=1S/C12H18N4O2/c1-3-10(11(13)15-18)12(17)16(2)8-9-6-4-5-7-14-9/h4-7,10,18H,3,8H2,1-2H3,(H2,13,15). The molecular weight excluding hydrogens is 232 g/mol. The first-order valence-corrected chi connectivity index (χ1v) is 5.72. The van der Waals surface area contributed by atoms with Crippen LogP contribution in [0.5, 0.6) is 0 Å². The maximum atomic E-state index is 12.1. The lowest BCUT2D eigenvalue weighted by atomic mass is 10.0. The highest BCUT2D eigenvalue weighted by atomic mass is 16.4. The molecule has 0 bridgehead atoms. The molecule has 0 aliphatic heterocycles. The lowest BCUT2D eigenvalue weighted by Gasteiger charge is -2.21. The Morgan fingerprint density at radius 1 is 1.61 bits per heavy atom. The van der Waals surface area contributed by atoms with Gasteiger partial charge in [0.25, 0.3) is 0 Å². The van der Waals surface area contributed by atoms with Gasteiger partial charge in [-0.25, -0.2) is 0 Å². The van der Waals surface area contributed by atoms with E-state index in [9.17, 15) is 4.79 Å². The van der Waals surface area contributed by atoms with Crippen molar-refractivity contribution in [2.75, 3.05) is 7.05 Å². The molecule has 1 unspecified atom stereocenters. The average molecular weight is 250 g/mol. The van der Waals surface area contributed by atoms with Crippen molar-refractivity contribution in [2.24, 2.45) is 16.8 Å². The van der Waals surface area contributed by atoms with Crippen molar-refractivity contribution in [3.8, 4) is 0 Å². The molecule has 0 spiro atoms. The molecule has 1 amide bonds. The van der Waals surface area contributed by atoms with Crippen molar-refractivity contribution >= 4 is 11.7 Å². The summed E-state index contributed by atoms with van der Waals surface area (Å²) >= 11 is 0. The summed E-state index contributed by atoms with van der Waals surface area (Å²) in [5, 5.41) is 11.5. The molecule has 1 rings (SSSR count). The zero-order valence-corrected chi connectivity index (χ0v) is 10.6. The summed E-state index contributed by atoms with van der Waals surface area (Å²) in [6, 6.07) is 5.52. The van der Waals surface area contributed by atoms with E-state index in [0.29, 0.717) is 13.0 Å². The number of pyridine rings is 1. The minimum Gasteiger partial charge on any atom is -0.409 e. The summed E-state index contributed by atoms with van der Waals surface area (Å²) in [6.45, 7) is 2.21. The summed E-state index contributed by atoms with van der Waals surface area (Å²) in [6.07, 6.45) is 2.16. The Hall–Kier alpha value is -2.11. The number of nitrogens with two attached hydrogens (primary N) is 1. The first-order valence-electron chi connectivity index (χ1n) is 5.72. The van der Waals surface area contributed by atoms with Gasteiger partial charge in [-0.2, -0.15) is 0 Å². The van der Waals surface area contributed by atoms with Gasteiger partial charge in [0, 0.05) is 13.2 Å². The molecule has 0 saturated heterocycles. The molecule has 6 heteroatoms. The second kappa shape index (κ2) is 6.58. The minimum absolute atomic E-state index is 0.0598. The van der Waals surface area contributed by atoms with Crippen LogP contribution in [0.3, 0.4) is 0 Å². The Bertz CT molecular complexity index is 419. The molecule has 0 radical (unpaired) electrons. The van der Waals surface area contributed by atoms with Crippen molar-refractivity contribution in [1.82, 2.24) is 9.88 Å². The number of carbonyl (C=O) groups is 1. The van der Waals surface area contributed by atoms with Gasteiger partial charge in [0.1, 0.15) is 0 Å². The van der Waals surface area contributed by atoms with Gasteiger partial charge in [-0.05, 0) is 18.6 Å². The first-order chi connectivity index (χ1) is 8.60. The number of amidine groups is 1. The molecule has 98 valence electrons. The van der Waals surface area contributed by atoms with Gasteiger partial charge in [0.05, 0.1) is 18.2 Å². The molecule has 1 aromatic heterocycles. The van der Waals surface area contributed by atoms with E-state index in [-0.39, 0.29) is 11.7 Å². The molecule has 3 N–H and O–H groups in total. The van der Waals surface area contributed by atoms with Gasteiger partial charge in [0.2, 0.25) is 5.91 Å². The van der Waals surface area contributed by atoms with Crippen molar-refractivity contribution in [3.63, 3.8) is 0 Å². The molecule has 0 fully saturated rings. The van der Waals surface area contributed by atoms with E-state index in [1.165, 1.54) is 4.90 Å². The fourth-order valence-electron chi connectivity index (χ4n) is 1.66. The highest BCUT2D eigenvalue weighted by Crippen LogP contribution is 2.09. The van der Waals surface area contributed by atoms with Crippen LogP contribution >= 0.6 is 0 Å². The minimum atomic E-state index is -0.594. The largest absolute Gasteiger partial charge is 0.409 e. The van der Waals surface area contributed by atoms with Crippen LogP contribution in [0.15, 0.2) is 29.6 Å². The highest BCUT2D eigenvalue weighted by molar-refractivity contribution is 6.01. The Morgan fingerprint density at radius 3 is 2.83 bits per heavy atom. The predicted octanol–water partition coefficient (Wildman–Crippen LogP) is 0.813. The monoisotopic (exact) mass is 250 g/mol. The van der Waals surface area contributed by atoms with Gasteiger partial charge < -0.3 is 15.8 Å². The van der Waals surface area contributed by atoms with Crippen LogP contribution in [-0.4, -0.2) is 33.9 Å². The quantitative estimate of drug-likeness (QED) is 0.350. The maximum absolute atomic E-state index is 12.1. The van der Waals surface area contributed by atoms with Crippen LogP contribution in [0.2, 0.25) is 0 Å². The fourth-order valence-corrected chi connectivity index (χ4v) is 1.66. The van der Waals surface area contributed by atoms with E-state index >= 15 is 0 Å². The number of hydrogen-bond acceptors (Lipinski definition) is 4. The van der Waals surface area contributed by atoms with E-state index in [0.717, 1.165) is 5.69 Å². The summed E-state index contributed by atoms with van der Waals surface area (Å²) in [4.78, 5) is 17.8. The number of aromatic nitrogens is 1. The van der Waals surface area contributed by atoms with Gasteiger partial charge in [0.15, 0.2) is 5.84 Å². The van der Waals surface area contributed by atoms with Crippen LogP contribution in [0.4, 0.5) is 0 Å². The molecule has 1 aromatic rings. The normalized spacial score (nSPS) is 13.1. The van der Waals surface area contributed by atoms with Gasteiger partial charge in [-0.15, -0.1) is 0 Å². The first kappa shape index (κ1) is 14.0. The number of nitrogens with zero attached hydrogens (tertiary/aromatic N) is 3. The third-order valence-electron chi connectivity index (χ3n) is 2.68. The Labute approximate surface area is 106 Å². The van der Waals surface area contributed by atoms with Crippen LogP contribution in [0.25, 0.3) is 0 Å². The van der Waals surface area contributed by atoms with E-state index in [2.05, 4.69) is 10.1 Å². The smallest absolute Gasteiger partial charge is 0.233 e. The molecule has 6 nitrogen and oxygen atoms in total. The Kier molecular flexibility index (Phi) is 5.10. The number of amides is 1. The molecule has 18 heavy (non-hydrogen) atoms. The van der Waals surface area contributed by atoms with Crippen LogP contribution in [-0.2, 0) is 11.3 Å². The molecule has 0 aromatic carbocycles. The molecule has 1 atom stereocenters. The van der Waals surface area contributed by atoms with E-state index in [1.54, 1.807) is 13.2 Å². The summed E-state index contributed by atoms with van der Waals surface area (Å²) in [5.74, 6) is -0.836. The Morgan fingerprint density at radius 2 is 2.33 bits per heavy atom. The van der Waals surface area contributed by atoms with Gasteiger partial charge in [-0.3, -0.25) is 9.78 Å². The van der Waals surface area contributed by atoms with Crippen molar-refractivity contribution in [2.45, 2.75) is 19.9 Å². The second-order valence-corrected chi connectivity index (χ2v) is 4.00. The summed E-state index contributed by atoms with van der Waals surface area (Å²) in [7, 11) is 1.67. The maximum Gasteiger partial charge on any atom is 0.233 e. The summed E-state index contributed by atoms with van der Waals surface area (Å²) < 4.78 is 0. The van der Waals surface area contributed by atoms with E-state index < -0.39 is 5.92 Å². The van der Waals surface area contributed by atoms with Gasteiger partial charge >= 0.3 is 0 Å². The number of carbonyl (C=O) groups excluding carboxylic acids is 1. The van der Waals surface area contributed by atoms with Crippen molar-refractivity contribution in [1.29, 1.82) is 0 Å². The third kappa shape index (κ3) is 3.44. The van der Waals surface area contributed by atoms with Crippen LogP contribution < -0.4 is 5.73 Å². The van der Waals surface area contributed by atoms with Crippen molar-refractivity contribution in [3.05, 3.63) is 30.1 Å².